The van der Waals surface area contributed by atoms with Crippen LogP contribution in [0.4, 0.5) is 4.39 Å². The first kappa shape index (κ1) is 10.9. The van der Waals surface area contributed by atoms with Crippen molar-refractivity contribution in [3.05, 3.63) is 33.0 Å². The maximum atomic E-state index is 13.0. The zero-order valence-electron chi connectivity index (χ0n) is 6.60. The molecule has 0 aliphatic carbocycles. The van der Waals surface area contributed by atoms with Crippen molar-refractivity contribution in [2.75, 3.05) is 6.61 Å². The van der Waals surface area contributed by atoms with Crippen LogP contribution in [0, 0.1) is 5.82 Å². The van der Waals surface area contributed by atoms with E-state index in [0.717, 1.165) is 0 Å². The summed E-state index contributed by atoms with van der Waals surface area (Å²) in [6, 6.07) is 1.99. The van der Waals surface area contributed by atoms with Crippen molar-refractivity contribution in [2.45, 2.75) is 6.04 Å². The molecule has 1 atom stereocenters. The Bertz CT molecular complexity index is 321. The van der Waals surface area contributed by atoms with Gasteiger partial charge in [0.1, 0.15) is 5.82 Å². The standard InChI is InChI=1S/C8H8BrClFNO/c9-5-2-6(10)4(1-7(5)11)8(12)3-13/h1-2,8,13H,3,12H2. The third kappa shape index (κ3) is 2.40. The van der Waals surface area contributed by atoms with Crippen LogP contribution < -0.4 is 5.73 Å². The maximum Gasteiger partial charge on any atom is 0.137 e. The van der Waals surface area contributed by atoms with Gasteiger partial charge in [-0.05, 0) is 33.6 Å². The highest BCUT2D eigenvalue weighted by Crippen LogP contribution is 2.27. The van der Waals surface area contributed by atoms with E-state index < -0.39 is 11.9 Å². The summed E-state index contributed by atoms with van der Waals surface area (Å²) >= 11 is 8.78. The molecule has 5 heteroatoms. The molecule has 2 nitrogen and oxygen atoms in total. The highest BCUT2D eigenvalue weighted by Gasteiger charge is 2.12. The third-order valence-electron chi connectivity index (χ3n) is 1.64. The van der Waals surface area contributed by atoms with Crippen LogP contribution in [-0.4, -0.2) is 11.7 Å². The van der Waals surface area contributed by atoms with E-state index in [4.69, 9.17) is 22.4 Å². The minimum atomic E-state index is -0.643. The Kier molecular flexibility index (Phi) is 3.67. The smallest absolute Gasteiger partial charge is 0.137 e. The number of hydrogen-bond donors (Lipinski definition) is 2. The van der Waals surface area contributed by atoms with Crippen molar-refractivity contribution < 1.29 is 9.50 Å². The first-order valence-electron chi connectivity index (χ1n) is 3.57. The molecule has 0 heterocycles. The SMILES string of the molecule is NC(CO)c1cc(F)c(Br)cc1Cl. The Labute approximate surface area is 88.6 Å². The van der Waals surface area contributed by atoms with Crippen molar-refractivity contribution >= 4 is 27.5 Å². The van der Waals surface area contributed by atoms with Gasteiger partial charge in [0.2, 0.25) is 0 Å². The first-order chi connectivity index (χ1) is 6.06. The second kappa shape index (κ2) is 4.37. The average Bonchev–Trinajstić information content (AvgIpc) is 2.10. The Balaban J connectivity index is 3.15. The number of halogens is 3. The highest BCUT2D eigenvalue weighted by molar-refractivity contribution is 9.10. The highest BCUT2D eigenvalue weighted by atomic mass is 79.9. The van der Waals surface area contributed by atoms with E-state index in [9.17, 15) is 4.39 Å². The van der Waals surface area contributed by atoms with Crippen molar-refractivity contribution in [1.29, 1.82) is 0 Å². The van der Waals surface area contributed by atoms with E-state index in [1.54, 1.807) is 0 Å². The zero-order valence-corrected chi connectivity index (χ0v) is 8.94. The number of rotatable bonds is 2. The lowest BCUT2D eigenvalue weighted by molar-refractivity contribution is 0.268. The van der Waals surface area contributed by atoms with E-state index >= 15 is 0 Å². The third-order valence-corrected chi connectivity index (χ3v) is 2.57. The van der Waals surface area contributed by atoms with E-state index in [0.29, 0.717) is 10.6 Å². The molecule has 0 saturated heterocycles. The van der Waals surface area contributed by atoms with Crippen LogP contribution in [0.1, 0.15) is 11.6 Å². The summed E-state index contributed by atoms with van der Waals surface area (Å²) in [5.41, 5.74) is 5.90. The second-order valence-electron chi connectivity index (χ2n) is 2.58. The molecule has 0 amide bonds. The molecule has 1 rings (SSSR count). The van der Waals surface area contributed by atoms with Crippen LogP contribution in [0.5, 0.6) is 0 Å². The molecule has 1 unspecified atom stereocenters. The summed E-state index contributed by atoms with van der Waals surface area (Å²) in [4.78, 5) is 0. The van der Waals surface area contributed by atoms with Gasteiger partial charge in [0.15, 0.2) is 0 Å². The topological polar surface area (TPSA) is 46.2 Å². The molecule has 1 aromatic carbocycles. The molecule has 0 aromatic heterocycles. The predicted octanol–water partition coefficient (Wildman–Crippen LogP) is 2.23. The molecule has 0 spiro atoms. The van der Waals surface area contributed by atoms with Crippen LogP contribution in [0.25, 0.3) is 0 Å². The monoisotopic (exact) mass is 267 g/mol. The van der Waals surface area contributed by atoms with Crippen molar-refractivity contribution in [3.8, 4) is 0 Å². The molecule has 72 valence electrons. The fraction of sp³-hybridized carbons (Fsp3) is 0.250. The summed E-state index contributed by atoms with van der Waals surface area (Å²) in [5, 5.41) is 9.10. The van der Waals surface area contributed by atoms with Crippen LogP contribution in [-0.2, 0) is 0 Å². The fourth-order valence-electron chi connectivity index (χ4n) is 0.920. The first-order valence-corrected chi connectivity index (χ1v) is 4.74. The summed E-state index contributed by atoms with van der Waals surface area (Å²) in [7, 11) is 0. The summed E-state index contributed by atoms with van der Waals surface area (Å²) < 4.78 is 13.3. The number of benzene rings is 1. The second-order valence-corrected chi connectivity index (χ2v) is 3.84. The fourth-order valence-corrected chi connectivity index (χ4v) is 1.70. The quantitative estimate of drug-likeness (QED) is 0.808. The number of aliphatic hydroxyl groups is 1. The molecule has 0 bridgehead atoms. The number of aliphatic hydroxyl groups excluding tert-OH is 1. The number of nitrogens with two attached hydrogens (primary N) is 1. The van der Waals surface area contributed by atoms with Gasteiger partial charge in [-0.2, -0.15) is 0 Å². The number of hydrogen-bond acceptors (Lipinski definition) is 2. The Morgan fingerprint density at radius 3 is 2.77 bits per heavy atom. The largest absolute Gasteiger partial charge is 0.394 e. The van der Waals surface area contributed by atoms with Gasteiger partial charge in [0, 0.05) is 5.02 Å². The van der Waals surface area contributed by atoms with Gasteiger partial charge in [0.25, 0.3) is 0 Å². The summed E-state index contributed by atoms with van der Waals surface area (Å²) in [6.45, 7) is -0.263. The lowest BCUT2D eigenvalue weighted by Gasteiger charge is -2.11. The van der Waals surface area contributed by atoms with Gasteiger partial charge in [-0.1, -0.05) is 11.6 Å². The van der Waals surface area contributed by atoms with E-state index in [1.807, 2.05) is 0 Å². The average molecular weight is 269 g/mol. The normalized spacial score (nSPS) is 13.0. The summed E-state index contributed by atoms with van der Waals surface area (Å²) in [5.74, 6) is -0.441. The molecule has 0 saturated carbocycles. The van der Waals surface area contributed by atoms with E-state index in [1.165, 1.54) is 12.1 Å². The van der Waals surface area contributed by atoms with Crippen molar-refractivity contribution in [1.82, 2.24) is 0 Å². The Morgan fingerprint density at radius 1 is 1.62 bits per heavy atom. The van der Waals surface area contributed by atoms with Gasteiger partial charge in [-0.25, -0.2) is 4.39 Å². The minimum absolute atomic E-state index is 0.263. The molecule has 0 aliphatic rings. The van der Waals surface area contributed by atoms with Gasteiger partial charge in [-0.3, -0.25) is 0 Å². The predicted molar refractivity (Wildman–Crippen MR) is 53.1 cm³/mol. The maximum absolute atomic E-state index is 13.0. The van der Waals surface area contributed by atoms with Crippen molar-refractivity contribution in [3.63, 3.8) is 0 Å². The molecule has 0 aliphatic heterocycles. The molecule has 3 N–H and O–H groups in total. The van der Waals surface area contributed by atoms with Crippen LogP contribution in [0.15, 0.2) is 16.6 Å². The molecular formula is C8H8BrClFNO. The van der Waals surface area contributed by atoms with Gasteiger partial charge >= 0.3 is 0 Å². The summed E-state index contributed by atoms with van der Waals surface area (Å²) in [6.07, 6.45) is 0. The zero-order chi connectivity index (χ0) is 10.0. The minimum Gasteiger partial charge on any atom is -0.394 e. The molecule has 0 radical (unpaired) electrons. The van der Waals surface area contributed by atoms with Gasteiger partial charge < -0.3 is 10.8 Å². The molecule has 13 heavy (non-hydrogen) atoms. The van der Waals surface area contributed by atoms with Crippen LogP contribution >= 0.6 is 27.5 Å². The van der Waals surface area contributed by atoms with Gasteiger partial charge in [0.05, 0.1) is 17.1 Å². The Morgan fingerprint density at radius 2 is 2.23 bits per heavy atom. The van der Waals surface area contributed by atoms with Crippen LogP contribution in [0.2, 0.25) is 5.02 Å². The van der Waals surface area contributed by atoms with E-state index in [2.05, 4.69) is 15.9 Å². The van der Waals surface area contributed by atoms with Crippen LogP contribution in [0.3, 0.4) is 0 Å². The molecule has 1 aromatic rings. The lowest BCUT2D eigenvalue weighted by Crippen LogP contribution is -2.15. The van der Waals surface area contributed by atoms with Crippen molar-refractivity contribution in [2.24, 2.45) is 5.73 Å². The molecule has 0 fully saturated rings. The lowest BCUT2D eigenvalue weighted by atomic mass is 10.1. The van der Waals surface area contributed by atoms with Gasteiger partial charge in [-0.15, -0.1) is 0 Å². The Hall–Kier alpha value is -0.160. The van der Waals surface area contributed by atoms with E-state index in [-0.39, 0.29) is 11.1 Å². The molecular weight excluding hydrogens is 260 g/mol.